The predicted octanol–water partition coefficient (Wildman–Crippen LogP) is 4.89. The SMILES string of the molecule is CCN(CC)CCCCOc1ccc(C(=CC2CCC(=O)[NH2+]2)C2=CC=C(Cl)C(=O)C23CC3)cc1Cl. The number of hydrogen-bond acceptors (Lipinski definition) is 4. The van der Waals surface area contributed by atoms with Crippen molar-refractivity contribution in [2.45, 2.75) is 58.4 Å². The zero-order chi connectivity index (χ0) is 25.0. The van der Waals surface area contributed by atoms with Crippen LogP contribution in [-0.2, 0) is 9.59 Å². The third kappa shape index (κ3) is 5.91. The number of benzene rings is 1. The molecule has 2 fully saturated rings. The van der Waals surface area contributed by atoms with Gasteiger partial charge in [0.15, 0.2) is 5.78 Å². The summed E-state index contributed by atoms with van der Waals surface area (Å²) in [5.74, 6) is 0.828. The standard InChI is InChI=1S/C28H34Cl2N2O3/c1-3-32(4-2)15-5-6-16-35-25-11-7-19(17-24(25)30)21(18-20-8-12-26(33)31-20)22-9-10-23(29)27(34)28(22)13-14-28/h7,9-11,17-18,20H,3-6,8,12-16H2,1-2H3,(H,31,33)/p+1. The molecule has 1 atom stereocenters. The number of amides is 1. The first-order chi connectivity index (χ1) is 16.9. The summed E-state index contributed by atoms with van der Waals surface area (Å²) in [6.07, 6.45) is 10.8. The molecule has 1 saturated heterocycles. The summed E-state index contributed by atoms with van der Waals surface area (Å²) in [5, 5.41) is 2.62. The molecule has 1 amide bonds. The van der Waals surface area contributed by atoms with Gasteiger partial charge in [-0.05, 0) is 86.3 Å². The number of quaternary nitrogens is 1. The second-order valence-electron chi connectivity index (χ2n) is 9.65. The summed E-state index contributed by atoms with van der Waals surface area (Å²) in [6, 6.07) is 5.87. The van der Waals surface area contributed by atoms with Gasteiger partial charge < -0.3 is 9.64 Å². The van der Waals surface area contributed by atoms with Crippen molar-refractivity contribution in [3.63, 3.8) is 0 Å². The maximum atomic E-state index is 12.9. The Morgan fingerprint density at radius 1 is 1.17 bits per heavy atom. The molecule has 0 radical (unpaired) electrons. The molecule has 1 aromatic rings. The number of primary amides is 1. The molecule has 1 unspecified atom stereocenters. The van der Waals surface area contributed by atoms with Gasteiger partial charge in [-0.15, -0.1) is 0 Å². The monoisotopic (exact) mass is 517 g/mol. The van der Waals surface area contributed by atoms with Crippen LogP contribution >= 0.6 is 23.2 Å². The van der Waals surface area contributed by atoms with Crippen LogP contribution < -0.4 is 10.1 Å². The molecule has 188 valence electrons. The lowest BCUT2D eigenvalue weighted by atomic mass is 9.79. The number of rotatable bonds is 11. The zero-order valence-corrected chi connectivity index (χ0v) is 22.1. The van der Waals surface area contributed by atoms with Gasteiger partial charge in [0.1, 0.15) is 11.8 Å². The molecule has 35 heavy (non-hydrogen) atoms. The van der Waals surface area contributed by atoms with Crippen LogP contribution in [0.1, 0.15) is 57.9 Å². The molecule has 1 heterocycles. The third-order valence-corrected chi connectivity index (χ3v) is 7.96. The molecule has 0 aromatic heterocycles. The van der Waals surface area contributed by atoms with E-state index in [1.165, 1.54) is 0 Å². The maximum Gasteiger partial charge on any atom is 0.311 e. The molecule has 7 heteroatoms. The van der Waals surface area contributed by atoms with Crippen LogP contribution in [0.3, 0.4) is 0 Å². The van der Waals surface area contributed by atoms with Crippen LogP contribution in [0.25, 0.3) is 5.57 Å². The first-order valence-electron chi connectivity index (χ1n) is 12.8. The van der Waals surface area contributed by atoms with Crippen molar-refractivity contribution in [3.05, 3.63) is 57.6 Å². The van der Waals surface area contributed by atoms with E-state index in [2.05, 4.69) is 24.8 Å². The highest BCUT2D eigenvalue weighted by Gasteiger charge is 2.55. The lowest BCUT2D eigenvalue weighted by Gasteiger charge is -2.25. The smallest absolute Gasteiger partial charge is 0.311 e. The molecule has 2 N–H and O–H groups in total. The quantitative estimate of drug-likeness (QED) is 0.424. The van der Waals surface area contributed by atoms with Crippen molar-refractivity contribution in [2.75, 3.05) is 26.2 Å². The van der Waals surface area contributed by atoms with E-state index < -0.39 is 5.41 Å². The minimum atomic E-state index is -0.549. The molecule has 3 aliphatic rings. The minimum absolute atomic E-state index is 0.00944. The highest BCUT2D eigenvalue weighted by atomic mass is 35.5. The van der Waals surface area contributed by atoms with Crippen molar-refractivity contribution in [2.24, 2.45) is 5.41 Å². The third-order valence-electron chi connectivity index (χ3n) is 7.37. The van der Waals surface area contributed by atoms with E-state index in [9.17, 15) is 9.59 Å². The Morgan fingerprint density at radius 2 is 1.94 bits per heavy atom. The van der Waals surface area contributed by atoms with E-state index in [1.807, 2.05) is 24.3 Å². The van der Waals surface area contributed by atoms with Crippen molar-refractivity contribution < 1.29 is 19.6 Å². The Balaban J connectivity index is 1.53. The Labute approximate surface area is 218 Å². The molecular formula is C28H35Cl2N2O3+. The van der Waals surface area contributed by atoms with Crippen LogP contribution in [0, 0.1) is 5.41 Å². The van der Waals surface area contributed by atoms with Crippen LogP contribution in [0.5, 0.6) is 5.75 Å². The van der Waals surface area contributed by atoms with Crippen LogP contribution in [0.4, 0.5) is 0 Å². The van der Waals surface area contributed by atoms with E-state index in [1.54, 1.807) is 11.4 Å². The van der Waals surface area contributed by atoms with Crippen molar-refractivity contribution in [1.82, 2.24) is 4.90 Å². The van der Waals surface area contributed by atoms with E-state index >= 15 is 0 Å². The number of ketones is 1. The van der Waals surface area contributed by atoms with Crippen LogP contribution in [0.15, 0.2) is 47.0 Å². The molecule has 1 spiro atoms. The fourth-order valence-electron chi connectivity index (χ4n) is 5.06. The van der Waals surface area contributed by atoms with Gasteiger partial charge in [-0.3, -0.25) is 10.1 Å². The maximum absolute atomic E-state index is 12.9. The molecular weight excluding hydrogens is 483 g/mol. The highest BCUT2D eigenvalue weighted by Crippen LogP contribution is 2.59. The molecule has 1 saturated carbocycles. The Morgan fingerprint density at radius 3 is 2.57 bits per heavy atom. The number of carbonyl (C=O) groups excluding carboxylic acids is 2. The summed E-state index contributed by atoms with van der Waals surface area (Å²) in [7, 11) is 0. The fourth-order valence-corrected chi connectivity index (χ4v) is 5.54. The second-order valence-corrected chi connectivity index (χ2v) is 10.5. The number of carbonyl (C=O) groups is 2. The Hall–Kier alpha value is -1.92. The van der Waals surface area contributed by atoms with Gasteiger partial charge in [-0.2, -0.15) is 0 Å². The van der Waals surface area contributed by atoms with E-state index in [0.717, 1.165) is 68.4 Å². The summed E-state index contributed by atoms with van der Waals surface area (Å²) >= 11 is 12.9. The number of halogens is 2. The highest BCUT2D eigenvalue weighted by molar-refractivity contribution is 6.44. The van der Waals surface area contributed by atoms with E-state index in [0.29, 0.717) is 23.8 Å². The van der Waals surface area contributed by atoms with Gasteiger partial charge in [0.25, 0.3) is 0 Å². The molecule has 4 rings (SSSR count). The van der Waals surface area contributed by atoms with E-state index in [-0.39, 0.29) is 22.8 Å². The zero-order valence-electron chi connectivity index (χ0n) is 20.6. The first kappa shape index (κ1) is 26.2. The normalized spacial score (nSPS) is 21.5. The summed E-state index contributed by atoms with van der Waals surface area (Å²) < 4.78 is 5.98. The molecule has 5 nitrogen and oxygen atoms in total. The van der Waals surface area contributed by atoms with Crippen LogP contribution in [0.2, 0.25) is 5.02 Å². The summed E-state index contributed by atoms with van der Waals surface area (Å²) in [5.41, 5.74) is 2.31. The number of Topliss-reactive ketones (excluding diaryl/α,β-unsaturated/α-hetero) is 1. The number of nitrogens with two attached hydrogens (primary N) is 1. The largest absolute Gasteiger partial charge is 0.492 e. The lowest BCUT2D eigenvalue weighted by molar-refractivity contribution is -0.580. The van der Waals surface area contributed by atoms with Gasteiger partial charge in [-0.25, -0.2) is 4.79 Å². The minimum Gasteiger partial charge on any atom is -0.492 e. The second kappa shape index (κ2) is 11.4. The van der Waals surface area contributed by atoms with Gasteiger partial charge >= 0.3 is 5.91 Å². The lowest BCUT2D eigenvalue weighted by Crippen LogP contribution is -2.89. The number of unbranched alkanes of at least 4 members (excludes halogenated alkanes) is 1. The average Bonchev–Trinajstić information content (AvgIpc) is 3.54. The number of nitrogens with zero attached hydrogens (tertiary/aromatic N) is 1. The first-order valence-corrected chi connectivity index (χ1v) is 13.5. The molecule has 1 aromatic carbocycles. The van der Waals surface area contributed by atoms with Crippen molar-refractivity contribution in [3.8, 4) is 5.75 Å². The average molecular weight is 519 g/mol. The Bertz CT molecular complexity index is 1070. The van der Waals surface area contributed by atoms with Crippen LogP contribution in [-0.4, -0.2) is 48.9 Å². The molecule has 1 aliphatic heterocycles. The van der Waals surface area contributed by atoms with Gasteiger partial charge in [-0.1, -0.05) is 49.2 Å². The van der Waals surface area contributed by atoms with E-state index in [4.69, 9.17) is 27.9 Å². The Kier molecular flexibility index (Phi) is 8.54. The fraction of sp³-hybridized carbons (Fsp3) is 0.500. The molecule has 0 bridgehead atoms. The number of hydrogen-bond donors (Lipinski definition) is 1. The van der Waals surface area contributed by atoms with Gasteiger partial charge in [0.05, 0.1) is 28.5 Å². The topological polar surface area (TPSA) is 63.2 Å². The van der Waals surface area contributed by atoms with Crippen molar-refractivity contribution >= 4 is 40.5 Å². The van der Waals surface area contributed by atoms with Gasteiger partial charge in [0, 0.05) is 6.42 Å². The number of ether oxygens (including phenoxy) is 1. The van der Waals surface area contributed by atoms with Crippen molar-refractivity contribution in [1.29, 1.82) is 0 Å². The summed E-state index contributed by atoms with van der Waals surface area (Å²) in [4.78, 5) is 27.2. The molecule has 2 aliphatic carbocycles. The van der Waals surface area contributed by atoms with Gasteiger partial charge in [0.2, 0.25) is 0 Å². The summed E-state index contributed by atoms with van der Waals surface area (Å²) in [6.45, 7) is 8.20. The predicted molar refractivity (Wildman–Crippen MR) is 141 cm³/mol. The number of allylic oxidation sites excluding steroid dienone is 5.